The van der Waals surface area contributed by atoms with Crippen molar-refractivity contribution in [1.29, 1.82) is 0 Å². The van der Waals surface area contributed by atoms with Crippen molar-refractivity contribution in [2.45, 2.75) is 21.1 Å². The van der Waals surface area contributed by atoms with Gasteiger partial charge in [0.05, 0.1) is 5.75 Å². The van der Waals surface area contributed by atoms with E-state index >= 15 is 0 Å². The minimum atomic E-state index is -1.72. The highest BCUT2D eigenvalue weighted by Gasteiger charge is 2.31. The molecule has 0 aromatic heterocycles. The van der Waals surface area contributed by atoms with Gasteiger partial charge in [-0.3, -0.25) is 4.79 Å². The zero-order valence-corrected chi connectivity index (χ0v) is 13.3. The number of amides is 1. The third kappa shape index (κ3) is 5.89. The molecule has 1 aromatic carbocycles. The number of benzene rings is 1. The summed E-state index contributed by atoms with van der Waals surface area (Å²) in [6.07, 6.45) is 0. The van der Waals surface area contributed by atoms with Crippen LogP contribution in [0.25, 0.3) is 0 Å². The van der Waals surface area contributed by atoms with Gasteiger partial charge in [-0.15, -0.1) is 11.8 Å². The van der Waals surface area contributed by atoms with Crippen molar-refractivity contribution in [3.63, 3.8) is 0 Å². The number of carbonyl (C=O) groups is 1. The maximum Gasteiger partial charge on any atom is 0.231 e. The van der Waals surface area contributed by atoms with Gasteiger partial charge in [-0.2, -0.15) is 0 Å². The molecule has 2 nitrogen and oxygen atoms in total. The van der Waals surface area contributed by atoms with E-state index in [0.717, 1.165) is 4.90 Å². The molecule has 1 atom stereocenters. The summed E-state index contributed by atoms with van der Waals surface area (Å²) in [5, 5.41) is 2.41. The molecular weight excluding hydrogens is 336 g/mol. The predicted octanol–water partition coefficient (Wildman–Crippen LogP) is 4.14. The summed E-state index contributed by atoms with van der Waals surface area (Å²) in [5.41, 5.74) is 0.120. The molecular formula is C11H11Cl4NOS. The van der Waals surface area contributed by atoms with E-state index in [1.807, 2.05) is 31.2 Å². The molecule has 7 heteroatoms. The van der Waals surface area contributed by atoms with E-state index < -0.39 is 9.29 Å². The summed E-state index contributed by atoms with van der Waals surface area (Å²) in [5.74, 6) is -0.0700. The van der Waals surface area contributed by atoms with Gasteiger partial charge < -0.3 is 5.32 Å². The van der Waals surface area contributed by atoms with Crippen LogP contribution in [0.15, 0.2) is 29.2 Å². The fourth-order valence-corrected chi connectivity index (χ4v) is 2.04. The van der Waals surface area contributed by atoms with Crippen LogP contribution in [-0.4, -0.2) is 21.0 Å². The number of hydrogen-bond donors (Lipinski definition) is 1. The van der Waals surface area contributed by atoms with Crippen molar-refractivity contribution < 1.29 is 4.79 Å². The van der Waals surface area contributed by atoms with E-state index in [-0.39, 0.29) is 11.7 Å². The quantitative estimate of drug-likeness (QED) is 0.504. The molecule has 1 rings (SSSR count). The standard InChI is InChI=1S/C11H11Cl4NOS/c1-7-2-4-8(5-3-7)18-6-9(17)16-10(12)11(13,14)15/h2-5,10H,6H2,1H3,(H,16,17). The Morgan fingerprint density at radius 3 is 2.39 bits per heavy atom. The first-order valence-electron chi connectivity index (χ1n) is 4.98. The Labute approximate surface area is 130 Å². The minimum absolute atomic E-state index is 0.215. The third-order valence-electron chi connectivity index (χ3n) is 1.97. The summed E-state index contributed by atoms with van der Waals surface area (Å²) in [7, 11) is 0. The maximum atomic E-state index is 11.5. The molecule has 0 saturated carbocycles. The number of carbonyl (C=O) groups excluding carboxylic acids is 1. The Hall–Kier alpha value is 0.200. The first kappa shape index (κ1) is 16.3. The lowest BCUT2D eigenvalue weighted by molar-refractivity contribution is -0.118. The van der Waals surface area contributed by atoms with E-state index in [9.17, 15) is 4.79 Å². The number of alkyl halides is 4. The average molecular weight is 347 g/mol. The first-order chi connectivity index (χ1) is 8.29. The molecule has 0 aliphatic rings. The summed E-state index contributed by atoms with van der Waals surface area (Å²) in [6, 6.07) is 7.85. The highest BCUT2D eigenvalue weighted by molar-refractivity contribution is 8.00. The monoisotopic (exact) mass is 345 g/mol. The third-order valence-corrected chi connectivity index (χ3v) is 4.40. The zero-order chi connectivity index (χ0) is 13.8. The molecule has 1 amide bonds. The van der Waals surface area contributed by atoms with Gasteiger partial charge in [0.2, 0.25) is 9.70 Å². The number of rotatable bonds is 4. The van der Waals surface area contributed by atoms with Crippen LogP contribution in [0.5, 0.6) is 0 Å². The Balaban J connectivity index is 2.40. The second-order valence-electron chi connectivity index (χ2n) is 3.57. The summed E-state index contributed by atoms with van der Waals surface area (Å²) in [6.45, 7) is 2.00. The van der Waals surface area contributed by atoms with Crippen molar-refractivity contribution >= 4 is 64.1 Å². The van der Waals surface area contributed by atoms with Crippen molar-refractivity contribution in [3.8, 4) is 0 Å². The van der Waals surface area contributed by atoms with Gasteiger partial charge in [0.25, 0.3) is 0 Å². The molecule has 0 aliphatic carbocycles. The van der Waals surface area contributed by atoms with Gasteiger partial charge in [-0.05, 0) is 19.1 Å². The smallest absolute Gasteiger partial charge is 0.231 e. The average Bonchev–Trinajstić information content (AvgIpc) is 2.27. The van der Waals surface area contributed by atoms with Gasteiger partial charge in [-0.1, -0.05) is 64.1 Å². The van der Waals surface area contributed by atoms with Crippen molar-refractivity contribution in [1.82, 2.24) is 5.32 Å². The topological polar surface area (TPSA) is 29.1 Å². The van der Waals surface area contributed by atoms with Gasteiger partial charge in [0, 0.05) is 4.90 Å². The molecule has 0 aliphatic heterocycles. The molecule has 0 bridgehead atoms. The summed E-state index contributed by atoms with van der Waals surface area (Å²) in [4.78, 5) is 12.5. The van der Waals surface area contributed by atoms with Gasteiger partial charge in [0.1, 0.15) is 0 Å². The second-order valence-corrected chi connectivity index (χ2v) is 7.43. The lowest BCUT2D eigenvalue weighted by Crippen LogP contribution is -2.40. The predicted molar refractivity (Wildman–Crippen MR) is 80.0 cm³/mol. The van der Waals surface area contributed by atoms with E-state index in [1.165, 1.54) is 17.3 Å². The Morgan fingerprint density at radius 2 is 1.89 bits per heavy atom. The molecule has 0 heterocycles. The van der Waals surface area contributed by atoms with Crippen molar-refractivity contribution in [2.24, 2.45) is 0 Å². The molecule has 0 fully saturated rings. The van der Waals surface area contributed by atoms with E-state index in [4.69, 9.17) is 46.4 Å². The molecule has 18 heavy (non-hydrogen) atoms. The first-order valence-corrected chi connectivity index (χ1v) is 7.54. The van der Waals surface area contributed by atoms with Crippen LogP contribution in [0.1, 0.15) is 5.56 Å². The second kappa shape index (κ2) is 7.11. The molecule has 100 valence electrons. The largest absolute Gasteiger partial charge is 0.335 e. The number of hydrogen-bond acceptors (Lipinski definition) is 2. The van der Waals surface area contributed by atoms with Crippen molar-refractivity contribution in [3.05, 3.63) is 29.8 Å². The van der Waals surface area contributed by atoms with Crippen LogP contribution in [0.4, 0.5) is 0 Å². The SMILES string of the molecule is Cc1ccc(SCC(=O)NC(Cl)C(Cl)(Cl)Cl)cc1. The highest BCUT2D eigenvalue weighted by Crippen LogP contribution is 2.32. The van der Waals surface area contributed by atoms with Gasteiger partial charge in [-0.25, -0.2) is 0 Å². The summed E-state index contributed by atoms with van der Waals surface area (Å²) >= 11 is 23.7. The number of halogens is 4. The van der Waals surface area contributed by atoms with Gasteiger partial charge >= 0.3 is 0 Å². The van der Waals surface area contributed by atoms with E-state index in [0.29, 0.717) is 0 Å². The fourth-order valence-electron chi connectivity index (χ4n) is 1.05. The van der Waals surface area contributed by atoms with E-state index in [1.54, 1.807) is 0 Å². The summed E-state index contributed by atoms with van der Waals surface area (Å²) < 4.78 is -1.72. The lowest BCUT2D eigenvalue weighted by atomic mass is 10.2. The van der Waals surface area contributed by atoms with E-state index in [2.05, 4.69) is 5.32 Å². The number of nitrogens with one attached hydrogen (secondary N) is 1. The molecule has 1 N–H and O–H groups in total. The number of thioether (sulfide) groups is 1. The highest BCUT2D eigenvalue weighted by atomic mass is 35.6. The van der Waals surface area contributed by atoms with Crippen LogP contribution in [0, 0.1) is 6.92 Å². The molecule has 0 spiro atoms. The molecule has 0 saturated heterocycles. The molecule has 1 aromatic rings. The van der Waals surface area contributed by atoms with Crippen LogP contribution in [0.2, 0.25) is 0 Å². The fraction of sp³-hybridized carbons (Fsp3) is 0.364. The minimum Gasteiger partial charge on any atom is -0.335 e. The maximum absolute atomic E-state index is 11.5. The lowest BCUT2D eigenvalue weighted by Gasteiger charge is -2.19. The van der Waals surface area contributed by atoms with Gasteiger partial charge in [0.15, 0.2) is 5.50 Å². The van der Waals surface area contributed by atoms with Crippen LogP contribution in [0.3, 0.4) is 0 Å². The number of aryl methyl sites for hydroxylation is 1. The normalized spacial score (nSPS) is 13.2. The van der Waals surface area contributed by atoms with Crippen LogP contribution >= 0.6 is 58.2 Å². The molecule has 1 unspecified atom stereocenters. The Kier molecular flexibility index (Phi) is 6.42. The van der Waals surface area contributed by atoms with Crippen LogP contribution < -0.4 is 5.32 Å². The van der Waals surface area contributed by atoms with Crippen LogP contribution in [-0.2, 0) is 4.79 Å². The van der Waals surface area contributed by atoms with Crippen molar-refractivity contribution in [2.75, 3.05) is 5.75 Å². The molecule has 0 radical (unpaired) electrons. The Bertz CT molecular complexity index is 404. The zero-order valence-electron chi connectivity index (χ0n) is 9.42. The Morgan fingerprint density at radius 1 is 1.33 bits per heavy atom.